The average Bonchev–Trinajstić information content (AvgIpc) is 2.41. The molecule has 0 saturated carbocycles. The largest absolute Gasteiger partial charge is 0.465 e. The van der Waals surface area contributed by atoms with Gasteiger partial charge in [0.15, 0.2) is 0 Å². The standard InChI is InChI=1S/C14H18BrFN2O3/c1-3-18(9-14(20)21-4-2)8-13(19)17-12-6-5-10(15)7-11(12)16/h5-7H,3-4,8-9H2,1-2H3,(H,17,19). The molecule has 7 heteroatoms. The van der Waals surface area contributed by atoms with Crippen LogP contribution in [0.2, 0.25) is 0 Å². The molecule has 0 radical (unpaired) electrons. The maximum atomic E-state index is 13.6. The third kappa shape index (κ3) is 6.22. The van der Waals surface area contributed by atoms with E-state index in [1.165, 1.54) is 12.1 Å². The molecule has 1 amide bonds. The fourth-order valence-corrected chi connectivity index (χ4v) is 1.99. The SMILES string of the molecule is CCOC(=O)CN(CC)CC(=O)Nc1ccc(Br)cc1F. The molecule has 0 aliphatic rings. The first kappa shape index (κ1) is 17.6. The number of hydrogen-bond donors (Lipinski definition) is 1. The van der Waals surface area contributed by atoms with Crippen molar-refractivity contribution >= 4 is 33.5 Å². The highest BCUT2D eigenvalue weighted by Crippen LogP contribution is 2.19. The van der Waals surface area contributed by atoms with Gasteiger partial charge < -0.3 is 10.1 Å². The Kier molecular flexibility index (Phi) is 7.31. The van der Waals surface area contributed by atoms with Gasteiger partial charge in [-0.25, -0.2) is 4.39 Å². The van der Waals surface area contributed by atoms with Gasteiger partial charge in [-0.2, -0.15) is 0 Å². The number of nitrogens with zero attached hydrogens (tertiary/aromatic N) is 1. The van der Waals surface area contributed by atoms with Gasteiger partial charge in [-0.1, -0.05) is 22.9 Å². The Labute approximate surface area is 131 Å². The van der Waals surface area contributed by atoms with Gasteiger partial charge in [0, 0.05) is 4.47 Å². The van der Waals surface area contributed by atoms with Crippen molar-refractivity contribution in [1.29, 1.82) is 0 Å². The number of hydrogen-bond acceptors (Lipinski definition) is 4. The molecule has 0 aromatic heterocycles. The minimum absolute atomic E-state index is 0.00911. The summed E-state index contributed by atoms with van der Waals surface area (Å²) in [5.41, 5.74) is 0.107. The molecule has 1 rings (SSSR count). The number of likely N-dealkylation sites (N-methyl/N-ethyl adjacent to an activating group) is 1. The Balaban J connectivity index is 2.56. The molecule has 0 heterocycles. The number of amides is 1. The molecule has 1 aromatic rings. The summed E-state index contributed by atoms with van der Waals surface area (Å²) in [7, 11) is 0. The molecule has 5 nitrogen and oxygen atoms in total. The summed E-state index contributed by atoms with van der Waals surface area (Å²) in [6.45, 7) is 4.37. The lowest BCUT2D eigenvalue weighted by Gasteiger charge is -2.18. The maximum Gasteiger partial charge on any atom is 0.320 e. The number of carbonyl (C=O) groups excluding carboxylic acids is 2. The van der Waals surface area contributed by atoms with Crippen molar-refractivity contribution in [2.75, 3.05) is 31.6 Å². The van der Waals surface area contributed by atoms with E-state index in [9.17, 15) is 14.0 Å². The lowest BCUT2D eigenvalue weighted by Crippen LogP contribution is -2.37. The summed E-state index contributed by atoms with van der Waals surface area (Å²) < 4.78 is 19.0. The first-order valence-corrected chi connectivity index (χ1v) is 7.38. The van der Waals surface area contributed by atoms with Crippen molar-refractivity contribution in [1.82, 2.24) is 4.90 Å². The van der Waals surface area contributed by atoms with Crippen molar-refractivity contribution in [3.63, 3.8) is 0 Å². The van der Waals surface area contributed by atoms with E-state index in [0.29, 0.717) is 17.6 Å². The summed E-state index contributed by atoms with van der Waals surface area (Å²) in [6.07, 6.45) is 0. The molecular weight excluding hydrogens is 343 g/mol. The normalized spacial score (nSPS) is 10.5. The van der Waals surface area contributed by atoms with Crippen LogP contribution in [0, 0.1) is 5.82 Å². The zero-order valence-electron chi connectivity index (χ0n) is 12.0. The zero-order chi connectivity index (χ0) is 15.8. The summed E-state index contributed by atoms with van der Waals surface area (Å²) in [4.78, 5) is 24.9. The minimum Gasteiger partial charge on any atom is -0.465 e. The number of carbonyl (C=O) groups is 2. The second kappa shape index (κ2) is 8.74. The fraction of sp³-hybridized carbons (Fsp3) is 0.429. The number of benzene rings is 1. The van der Waals surface area contributed by atoms with Gasteiger partial charge in [-0.15, -0.1) is 0 Å². The van der Waals surface area contributed by atoms with Gasteiger partial charge in [0.25, 0.3) is 0 Å². The van der Waals surface area contributed by atoms with Crippen molar-refractivity contribution in [3.05, 3.63) is 28.5 Å². The fourth-order valence-electron chi connectivity index (χ4n) is 1.65. The molecule has 0 atom stereocenters. The molecule has 0 fully saturated rings. The summed E-state index contributed by atoms with van der Waals surface area (Å²) >= 11 is 3.14. The second-order valence-electron chi connectivity index (χ2n) is 4.28. The van der Waals surface area contributed by atoms with Crippen LogP contribution < -0.4 is 5.32 Å². The highest BCUT2D eigenvalue weighted by molar-refractivity contribution is 9.10. The van der Waals surface area contributed by atoms with Crippen LogP contribution in [0.4, 0.5) is 10.1 Å². The molecule has 1 aromatic carbocycles. The maximum absolute atomic E-state index is 13.6. The Bertz CT molecular complexity index is 511. The van der Waals surface area contributed by atoms with Crippen LogP contribution in [-0.2, 0) is 14.3 Å². The molecule has 0 unspecified atom stereocenters. The van der Waals surface area contributed by atoms with E-state index in [0.717, 1.165) is 0 Å². The molecule has 0 aliphatic carbocycles. The smallest absolute Gasteiger partial charge is 0.320 e. The van der Waals surface area contributed by atoms with Crippen LogP contribution >= 0.6 is 15.9 Å². The quantitative estimate of drug-likeness (QED) is 0.758. The van der Waals surface area contributed by atoms with Gasteiger partial charge in [0.2, 0.25) is 5.91 Å². The van der Waals surface area contributed by atoms with Crippen LogP contribution in [-0.4, -0.2) is 43.0 Å². The third-order valence-electron chi connectivity index (χ3n) is 2.68. The van der Waals surface area contributed by atoms with E-state index in [4.69, 9.17) is 4.74 Å². The predicted octanol–water partition coefficient (Wildman–Crippen LogP) is 2.41. The zero-order valence-corrected chi connectivity index (χ0v) is 13.6. The number of rotatable bonds is 7. The van der Waals surface area contributed by atoms with Crippen LogP contribution in [0.25, 0.3) is 0 Å². The third-order valence-corrected chi connectivity index (χ3v) is 3.17. The van der Waals surface area contributed by atoms with E-state index in [1.807, 2.05) is 6.92 Å². The molecule has 0 aliphatic heterocycles. The Morgan fingerprint density at radius 3 is 2.62 bits per heavy atom. The van der Waals surface area contributed by atoms with E-state index in [-0.39, 0.29) is 30.7 Å². The summed E-state index contributed by atoms with van der Waals surface area (Å²) in [6, 6.07) is 4.37. The number of halogens is 2. The number of ether oxygens (including phenoxy) is 1. The molecule has 1 N–H and O–H groups in total. The molecular formula is C14H18BrFN2O3. The first-order valence-electron chi connectivity index (χ1n) is 6.59. The van der Waals surface area contributed by atoms with E-state index in [1.54, 1.807) is 17.9 Å². The topological polar surface area (TPSA) is 58.6 Å². The molecule has 116 valence electrons. The summed E-state index contributed by atoms with van der Waals surface area (Å²) in [5.74, 6) is -1.30. The molecule has 0 saturated heterocycles. The van der Waals surface area contributed by atoms with Crippen molar-refractivity contribution in [3.8, 4) is 0 Å². The molecule has 0 bridgehead atoms. The molecule has 21 heavy (non-hydrogen) atoms. The monoisotopic (exact) mass is 360 g/mol. The van der Waals surface area contributed by atoms with Crippen molar-refractivity contribution < 1.29 is 18.7 Å². The van der Waals surface area contributed by atoms with E-state index >= 15 is 0 Å². The second-order valence-corrected chi connectivity index (χ2v) is 5.20. The van der Waals surface area contributed by atoms with E-state index < -0.39 is 5.82 Å². The number of esters is 1. The van der Waals surface area contributed by atoms with Gasteiger partial charge in [-0.05, 0) is 31.7 Å². The summed E-state index contributed by atoms with van der Waals surface area (Å²) in [5, 5.41) is 2.48. The molecule has 0 spiro atoms. The Hall–Kier alpha value is -1.47. The minimum atomic E-state index is -0.522. The van der Waals surface area contributed by atoms with Crippen LogP contribution in [0.3, 0.4) is 0 Å². The van der Waals surface area contributed by atoms with Crippen LogP contribution in [0.1, 0.15) is 13.8 Å². The average molecular weight is 361 g/mol. The van der Waals surface area contributed by atoms with Crippen LogP contribution in [0.5, 0.6) is 0 Å². The van der Waals surface area contributed by atoms with Gasteiger partial charge >= 0.3 is 5.97 Å². The lowest BCUT2D eigenvalue weighted by atomic mass is 10.3. The van der Waals surface area contributed by atoms with Gasteiger partial charge in [-0.3, -0.25) is 14.5 Å². The Morgan fingerprint density at radius 2 is 2.05 bits per heavy atom. The highest BCUT2D eigenvalue weighted by atomic mass is 79.9. The lowest BCUT2D eigenvalue weighted by molar-refractivity contribution is -0.144. The van der Waals surface area contributed by atoms with E-state index in [2.05, 4.69) is 21.2 Å². The first-order chi connectivity index (χ1) is 9.96. The highest BCUT2D eigenvalue weighted by Gasteiger charge is 2.15. The van der Waals surface area contributed by atoms with Crippen LogP contribution in [0.15, 0.2) is 22.7 Å². The van der Waals surface area contributed by atoms with Gasteiger partial charge in [0.05, 0.1) is 25.4 Å². The predicted molar refractivity (Wildman–Crippen MR) is 81.5 cm³/mol. The Morgan fingerprint density at radius 1 is 1.33 bits per heavy atom. The number of nitrogens with one attached hydrogen (secondary N) is 1. The van der Waals surface area contributed by atoms with Crippen molar-refractivity contribution in [2.24, 2.45) is 0 Å². The van der Waals surface area contributed by atoms with Gasteiger partial charge in [0.1, 0.15) is 5.82 Å². The number of anilines is 1. The van der Waals surface area contributed by atoms with Crippen molar-refractivity contribution in [2.45, 2.75) is 13.8 Å².